The predicted octanol–water partition coefficient (Wildman–Crippen LogP) is 5.57. The molecule has 34 heavy (non-hydrogen) atoms. The van der Waals surface area contributed by atoms with E-state index in [2.05, 4.69) is 47.4 Å². The molecule has 2 aliphatic carbocycles. The highest BCUT2D eigenvalue weighted by atomic mass is 16.5. The van der Waals surface area contributed by atoms with Crippen molar-refractivity contribution in [3.8, 4) is 11.5 Å². The van der Waals surface area contributed by atoms with Gasteiger partial charge in [0.05, 0.1) is 0 Å². The molecule has 4 heteroatoms. The monoisotopic (exact) mass is 457 g/mol. The predicted molar refractivity (Wildman–Crippen MR) is 137 cm³/mol. The van der Waals surface area contributed by atoms with Crippen molar-refractivity contribution in [1.82, 2.24) is 4.90 Å². The summed E-state index contributed by atoms with van der Waals surface area (Å²) in [7, 11) is 0. The number of aromatic hydroxyl groups is 1. The van der Waals surface area contributed by atoms with Crippen molar-refractivity contribution in [2.45, 2.75) is 32.1 Å². The van der Waals surface area contributed by atoms with E-state index >= 15 is 0 Å². The maximum atomic E-state index is 9.86. The Balaban J connectivity index is 1.39. The van der Waals surface area contributed by atoms with E-state index in [1.165, 1.54) is 30.7 Å². The summed E-state index contributed by atoms with van der Waals surface area (Å²) in [6.07, 6.45) is 11.8. The Morgan fingerprint density at radius 3 is 2.29 bits per heavy atom. The van der Waals surface area contributed by atoms with Gasteiger partial charge in [0.1, 0.15) is 18.1 Å². The lowest BCUT2D eigenvalue weighted by molar-refractivity contribution is 0.224. The molecular weight excluding hydrogens is 422 g/mol. The fourth-order valence-electron chi connectivity index (χ4n) is 5.34. The molecule has 0 amide bonds. The Hall–Kier alpha value is -2.82. The highest BCUT2D eigenvalue weighted by Crippen LogP contribution is 2.44. The average Bonchev–Trinajstić information content (AvgIpc) is 3.49. The molecule has 0 radical (unpaired) electrons. The lowest BCUT2D eigenvalue weighted by Crippen LogP contribution is -2.27. The van der Waals surface area contributed by atoms with Crippen LogP contribution in [0, 0.1) is 11.8 Å². The first-order valence-corrected chi connectivity index (χ1v) is 12.7. The van der Waals surface area contributed by atoms with Gasteiger partial charge in [-0.1, -0.05) is 42.5 Å². The molecule has 2 atom stereocenters. The highest BCUT2D eigenvalue weighted by Gasteiger charge is 2.44. The molecule has 1 heterocycles. The van der Waals surface area contributed by atoms with Crippen LogP contribution >= 0.6 is 0 Å². The summed E-state index contributed by atoms with van der Waals surface area (Å²) < 4.78 is 6.07. The Morgan fingerprint density at radius 2 is 1.65 bits per heavy atom. The number of fused-ring (bicyclic) bond motifs is 1. The molecule has 4 nitrogen and oxygen atoms in total. The standard InChI is InChI=1S/C30H35NO3/c32-17-4-7-29(22-5-2-1-3-6-22)30(23-8-12-27(33)13-9-23)24-10-14-28(15-11-24)34-18-16-31-20-25-19-26(25)21-31/h2,5-6,8-15,25-26,32-33H,1,3-4,7,16-21H2/b30-29-. The van der Waals surface area contributed by atoms with Crippen LogP contribution in [0.25, 0.3) is 5.57 Å². The Bertz CT molecular complexity index is 1060. The Morgan fingerprint density at radius 1 is 0.941 bits per heavy atom. The molecular formula is C30H35NO3. The van der Waals surface area contributed by atoms with E-state index in [-0.39, 0.29) is 12.4 Å². The van der Waals surface area contributed by atoms with E-state index in [9.17, 15) is 10.2 Å². The van der Waals surface area contributed by atoms with Crippen molar-refractivity contribution in [3.05, 3.63) is 89.0 Å². The number of likely N-dealkylation sites (tertiary alicyclic amines) is 1. The lowest BCUT2D eigenvalue weighted by atomic mass is 9.85. The molecule has 178 valence electrons. The zero-order valence-electron chi connectivity index (χ0n) is 19.8. The van der Waals surface area contributed by atoms with Crippen LogP contribution in [0.2, 0.25) is 0 Å². The summed E-state index contributed by atoms with van der Waals surface area (Å²) >= 11 is 0. The van der Waals surface area contributed by atoms with Gasteiger partial charge in [-0.15, -0.1) is 0 Å². The molecule has 1 aliphatic heterocycles. The van der Waals surface area contributed by atoms with Crippen molar-refractivity contribution < 1.29 is 14.9 Å². The Labute approximate surface area is 202 Å². The number of phenols is 1. The van der Waals surface area contributed by atoms with Gasteiger partial charge in [0, 0.05) is 26.2 Å². The first-order valence-electron chi connectivity index (χ1n) is 12.7. The van der Waals surface area contributed by atoms with Crippen LogP contribution in [-0.2, 0) is 0 Å². The number of phenolic OH excluding ortho intramolecular Hbond substituents is 1. The third kappa shape index (κ3) is 5.45. The summed E-state index contributed by atoms with van der Waals surface area (Å²) in [5.74, 6) is 3.07. The molecule has 0 spiro atoms. The number of nitrogens with zero attached hydrogens (tertiary/aromatic N) is 1. The fourth-order valence-corrected chi connectivity index (χ4v) is 5.34. The molecule has 1 saturated heterocycles. The van der Waals surface area contributed by atoms with Gasteiger partial charge in [0.2, 0.25) is 0 Å². The number of hydrogen-bond acceptors (Lipinski definition) is 4. The summed E-state index contributed by atoms with van der Waals surface area (Å²) in [4.78, 5) is 2.53. The normalized spacial score (nSPS) is 22.2. The maximum Gasteiger partial charge on any atom is 0.119 e. The van der Waals surface area contributed by atoms with Gasteiger partial charge >= 0.3 is 0 Å². The van der Waals surface area contributed by atoms with Crippen LogP contribution in [0.15, 0.2) is 77.9 Å². The molecule has 0 bridgehead atoms. The summed E-state index contributed by atoms with van der Waals surface area (Å²) in [5.41, 5.74) is 5.79. The topological polar surface area (TPSA) is 52.9 Å². The van der Waals surface area contributed by atoms with Gasteiger partial charge < -0.3 is 14.9 Å². The molecule has 0 aromatic heterocycles. The average molecular weight is 458 g/mol. The van der Waals surface area contributed by atoms with Gasteiger partial charge in [-0.2, -0.15) is 0 Å². The molecule has 2 N–H and O–H groups in total. The molecule has 2 fully saturated rings. The van der Waals surface area contributed by atoms with Crippen molar-refractivity contribution in [2.24, 2.45) is 11.8 Å². The van der Waals surface area contributed by atoms with E-state index in [0.717, 1.165) is 66.7 Å². The van der Waals surface area contributed by atoms with Crippen LogP contribution in [0.3, 0.4) is 0 Å². The number of aliphatic hydroxyl groups excluding tert-OH is 1. The van der Waals surface area contributed by atoms with Crippen LogP contribution in [0.5, 0.6) is 11.5 Å². The number of aliphatic hydroxyl groups is 1. The molecule has 2 aromatic rings. The zero-order valence-corrected chi connectivity index (χ0v) is 19.8. The summed E-state index contributed by atoms with van der Waals surface area (Å²) in [6.45, 7) is 4.37. The SMILES string of the molecule is OCCC/C(C1=CCCC=C1)=C(\c1ccc(O)cc1)c1ccc(OCCN2CC3CC3C2)cc1. The molecule has 5 rings (SSSR count). The van der Waals surface area contributed by atoms with Crippen molar-refractivity contribution in [1.29, 1.82) is 0 Å². The zero-order chi connectivity index (χ0) is 23.3. The second-order valence-electron chi connectivity index (χ2n) is 9.76. The number of allylic oxidation sites excluding steroid dienone is 5. The van der Waals surface area contributed by atoms with Gasteiger partial charge in [-0.05, 0) is 96.1 Å². The minimum Gasteiger partial charge on any atom is -0.508 e. The first-order chi connectivity index (χ1) is 16.7. The molecule has 1 saturated carbocycles. The summed E-state index contributed by atoms with van der Waals surface area (Å²) in [5, 5.41) is 19.4. The second kappa shape index (κ2) is 10.6. The largest absolute Gasteiger partial charge is 0.508 e. The third-order valence-corrected chi connectivity index (χ3v) is 7.26. The lowest BCUT2D eigenvalue weighted by Gasteiger charge is -2.20. The second-order valence-corrected chi connectivity index (χ2v) is 9.76. The van der Waals surface area contributed by atoms with Crippen molar-refractivity contribution in [3.63, 3.8) is 0 Å². The third-order valence-electron chi connectivity index (χ3n) is 7.26. The van der Waals surface area contributed by atoms with Gasteiger partial charge in [-0.25, -0.2) is 0 Å². The van der Waals surface area contributed by atoms with Crippen LogP contribution in [-0.4, -0.2) is 48.0 Å². The van der Waals surface area contributed by atoms with Crippen molar-refractivity contribution >= 4 is 5.57 Å². The minimum absolute atomic E-state index is 0.161. The maximum absolute atomic E-state index is 9.86. The van der Waals surface area contributed by atoms with E-state index in [0.29, 0.717) is 6.42 Å². The van der Waals surface area contributed by atoms with Gasteiger partial charge in [0.25, 0.3) is 0 Å². The van der Waals surface area contributed by atoms with E-state index in [4.69, 9.17) is 4.74 Å². The molecule has 2 aromatic carbocycles. The number of rotatable bonds is 10. The Kier molecular flexibility index (Phi) is 7.17. The fraction of sp³-hybridized carbons (Fsp3) is 0.400. The highest BCUT2D eigenvalue weighted by molar-refractivity contribution is 5.85. The number of ether oxygens (including phenoxy) is 1. The van der Waals surface area contributed by atoms with E-state index < -0.39 is 0 Å². The summed E-state index contributed by atoms with van der Waals surface area (Å²) in [6, 6.07) is 15.8. The quantitative estimate of drug-likeness (QED) is 0.490. The van der Waals surface area contributed by atoms with Crippen LogP contribution in [0.4, 0.5) is 0 Å². The van der Waals surface area contributed by atoms with Gasteiger partial charge in [0.15, 0.2) is 0 Å². The number of hydrogen-bond donors (Lipinski definition) is 2. The minimum atomic E-state index is 0.161. The van der Waals surface area contributed by atoms with Crippen LogP contribution in [0.1, 0.15) is 43.2 Å². The molecule has 2 unspecified atom stereocenters. The smallest absolute Gasteiger partial charge is 0.119 e. The first kappa shape index (κ1) is 22.9. The van der Waals surface area contributed by atoms with E-state index in [1.54, 1.807) is 12.1 Å². The van der Waals surface area contributed by atoms with Gasteiger partial charge in [-0.3, -0.25) is 4.90 Å². The number of piperidine rings is 1. The number of benzene rings is 2. The van der Waals surface area contributed by atoms with E-state index in [1.807, 2.05) is 12.1 Å². The molecule has 3 aliphatic rings. The van der Waals surface area contributed by atoms with Crippen LogP contribution < -0.4 is 4.74 Å². The van der Waals surface area contributed by atoms with Crippen molar-refractivity contribution in [2.75, 3.05) is 32.8 Å².